The Kier molecular flexibility index (Phi) is 4.78. The summed E-state index contributed by atoms with van der Waals surface area (Å²) in [4.78, 5) is 0. The molecule has 4 nitrogen and oxygen atoms in total. The van der Waals surface area contributed by atoms with E-state index in [2.05, 4.69) is 17.3 Å². The van der Waals surface area contributed by atoms with Gasteiger partial charge in [0.1, 0.15) is 0 Å². The minimum atomic E-state index is -0.460. The van der Waals surface area contributed by atoms with Gasteiger partial charge in [0.2, 0.25) is 0 Å². The van der Waals surface area contributed by atoms with Gasteiger partial charge in [0.15, 0.2) is 0 Å². The molecule has 1 aliphatic carbocycles. The number of aryl methyl sites for hydroxylation is 1. The molecule has 0 bridgehead atoms. The first-order valence-corrected chi connectivity index (χ1v) is 7.11. The molecule has 1 atom stereocenters. The van der Waals surface area contributed by atoms with Crippen molar-refractivity contribution in [2.75, 3.05) is 6.54 Å². The van der Waals surface area contributed by atoms with Gasteiger partial charge in [-0.2, -0.15) is 5.10 Å². The summed E-state index contributed by atoms with van der Waals surface area (Å²) in [7, 11) is 0. The minimum absolute atomic E-state index is 0.417. The van der Waals surface area contributed by atoms with E-state index in [1.807, 2.05) is 23.1 Å². The predicted molar refractivity (Wildman–Crippen MR) is 72.3 cm³/mol. The lowest BCUT2D eigenvalue weighted by molar-refractivity contribution is 0.00276. The molecule has 1 aromatic rings. The Morgan fingerprint density at radius 1 is 1.39 bits per heavy atom. The van der Waals surface area contributed by atoms with E-state index in [9.17, 15) is 5.11 Å². The molecule has 0 aliphatic heterocycles. The van der Waals surface area contributed by atoms with Crippen molar-refractivity contribution in [1.29, 1.82) is 0 Å². The van der Waals surface area contributed by atoms with Crippen LogP contribution in [-0.2, 0) is 6.54 Å². The van der Waals surface area contributed by atoms with Crippen molar-refractivity contribution in [3.05, 3.63) is 18.5 Å². The highest BCUT2D eigenvalue weighted by atomic mass is 16.3. The van der Waals surface area contributed by atoms with E-state index in [0.29, 0.717) is 6.04 Å². The summed E-state index contributed by atoms with van der Waals surface area (Å²) in [6.07, 6.45) is 10.3. The molecule has 0 amide bonds. The summed E-state index contributed by atoms with van der Waals surface area (Å²) >= 11 is 0. The van der Waals surface area contributed by atoms with Crippen LogP contribution in [0.15, 0.2) is 18.5 Å². The van der Waals surface area contributed by atoms with Crippen molar-refractivity contribution < 1.29 is 5.11 Å². The highest BCUT2D eigenvalue weighted by Gasteiger charge is 2.28. The average molecular weight is 251 g/mol. The van der Waals surface area contributed by atoms with Crippen molar-refractivity contribution in [2.45, 2.75) is 63.6 Å². The Hall–Kier alpha value is -0.870. The lowest BCUT2D eigenvalue weighted by Crippen LogP contribution is -2.45. The molecule has 0 radical (unpaired) electrons. The number of hydrogen-bond acceptors (Lipinski definition) is 3. The number of aliphatic hydroxyl groups is 1. The third-order valence-electron chi connectivity index (χ3n) is 3.91. The number of aromatic nitrogens is 2. The number of nitrogens with zero attached hydrogens (tertiary/aromatic N) is 2. The van der Waals surface area contributed by atoms with Crippen LogP contribution in [0.1, 0.15) is 45.4 Å². The second-order valence-electron chi connectivity index (χ2n) is 5.62. The molecule has 1 aromatic heterocycles. The topological polar surface area (TPSA) is 50.1 Å². The largest absolute Gasteiger partial charge is 0.389 e. The van der Waals surface area contributed by atoms with Gasteiger partial charge in [-0.25, -0.2) is 0 Å². The van der Waals surface area contributed by atoms with Crippen LogP contribution in [-0.4, -0.2) is 33.1 Å². The van der Waals surface area contributed by atoms with E-state index in [4.69, 9.17) is 0 Å². The summed E-state index contributed by atoms with van der Waals surface area (Å²) < 4.78 is 1.95. The third kappa shape index (κ3) is 4.10. The average Bonchev–Trinajstić information content (AvgIpc) is 2.88. The van der Waals surface area contributed by atoms with Crippen LogP contribution in [0.5, 0.6) is 0 Å². The van der Waals surface area contributed by atoms with E-state index in [-0.39, 0.29) is 0 Å². The first-order chi connectivity index (χ1) is 8.68. The molecular formula is C14H25N3O. The fourth-order valence-corrected chi connectivity index (χ4v) is 2.61. The molecule has 0 saturated heterocycles. The highest BCUT2D eigenvalue weighted by Crippen LogP contribution is 2.27. The van der Waals surface area contributed by atoms with E-state index in [1.54, 1.807) is 0 Å². The normalized spacial score (nSPS) is 20.8. The summed E-state index contributed by atoms with van der Waals surface area (Å²) in [5, 5.41) is 18.0. The fraction of sp³-hybridized carbons (Fsp3) is 0.786. The smallest absolute Gasteiger partial charge is 0.0771 e. The highest BCUT2D eigenvalue weighted by molar-refractivity contribution is 4.85. The van der Waals surface area contributed by atoms with Crippen molar-refractivity contribution in [3.63, 3.8) is 0 Å². The Bertz CT molecular complexity index is 331. The SMILES string of the molecule is CC(CCn1cccn1)NCC1(O)CCCCC1. The second kappa shape index (κ2) is 6.34. The zero-order chi connectivity index (χ0) is 12.8. The van der Waals surface area contributed by atoms with E-state index >= 15 is 0 Å². The summed E-state index contributed by atoms with van der Waals surface area (Å²) in [6, 6.07) is 2.36. The second-order valence-corrected chi connectivity index (χ2v) is 5.62. The van der Waals surface area contributed by atoms with Gasteiger partial charge in [-0.05, 0) is 32.3 Å². The predicted octanol–water partition coefficient (Wildman–Crippen LogP) is 1.95. The fourth-order valence-electron chi connectivity index (χ4n) is 2.61. The first-order valence-electron chi connectivity index (χ1n) is 7.11. The van der Waals surface area contributed by atoms with Crippen LogP contribution >= 0.6 is 0 Å². The molecule has 2 rings (SSSR count). The van der Waals surface area contributed by atoms with Gasteiger partial charge in [0.05, 0.1) is 5.60 Å². The number of hydrogen-bond donors (Lipinski definition) is 2. The summed E-state index contributed by atoms with van der Waals surface area (Å²) in [5.74, 6) is 0. The van der Waals surface area contributed by atoms with Gasteiger partial charge in [-0.15, -0.1) is 0 Å². The van der Waals surface area contributed by atoms with Crippen LogP contribution in [0, 0.1) is 0 Å². The van der Waals surface area contributed by atoms with Crippen LogP contribution in [0.2, 0.25) is 0 Å². The van der Waals surface area contributed by atoms with Gasteiger partial charge in [-0.3, -0.25) is 4.68 Å². The maximum atomic E-state index is 10.4. The Morgan fingerprint density at radius 3 is 2.83 bits per heavy atom. The molecule has 2 N–H and O–H groups in total. The first kappa shape index (κ1) is 13.6. The third-order valence-corrected chi connectivity index (χ3v) is 3.91. The Balaban J connectivity index is 1.66. The molecule has 1 heterocycles. The Morgan fingerprint density at radius 2 is 2.17 bits per heavy atom. The standard InChI is InChI=1S/C14H25N3O/c1-13(6-11-17-10-5-9-16-17)15-12-14(18)7-3-2-4-8-14/h5,9-10,13,15,18H,2-4,6-8,11-12H2,1H3. The van der Waals surface area contributed by atoms with E-state index < -0.39 is 5.60 Å². The van der Waals surface area contributed by atoms with Crippen LogP contribution in [0.4, 0.5) is 0 Å². The van der Waals surface area contributed by atoms with Crippen LogP contribution < -0.4 is 5.32 Å². The van der Waals surface area contributed by atoms with Gasteiger partial charge >= 0.3 is 0 Å². The number of nitrogens with one attached hydrogen (secondary N) is 1. The van der Waals surface area contributed by atoms with E-state index in [0.717, 1.165) is 32.4 Å². The zero-order valence-corrected chi connectivity index (χ0v) is 11.3. The molecule has 0 spiro atoms. The minimum Gasteiger partial charge on any atom is -0.389 e. The quantitative estimate of drug-likeness (QED) is 0.812. The molecule has 1 fully saturated rings. The van der Waals surface area contributed by atoms with Gasteiger partial charge in [0, 0.05) is 31.5 Å². The van der Waals surface area contributed by atoms with Crippen molar-refractivity contribution in [1.82, 2.24) is 15.1 Å². The van der Waals surface area contributed by atoms with Crippen LogP contribution in [0.25, 0.3) is 0 Å². The molecule has 4 heteroatoms. The Labute approximate surface area is 109 Å². The molecule has 1 saturated carbocycles. The van der Waals surface area contributed by atoms with Crippen molar-refractivity contribution in [3.8, 4) is 0 Å². The van der Waals surface area contributed by atoms with E-state index in [1.165, 1.54) is 19.3 Å². The summed E-state index contributed by atoms with van der Waals surface area (Å²) in [6.45, 7) is 3.84. The lowest BCUT2D eigenvalue weighted by atomic mass is 9.85. The monoisotopic (exact) mass is 251 g/mol. The molecule has 0 aromatic carbocycles. The van der Waals surface area contributed by atoms with Gasteiger partial charge in [-0.1, -0.05) is 19.3 Å². The van der Waals surface area contributed by atoms with Gasteiger partial charge in [0.25, 0.3) is 0 Å². The number of rotatable bonds is 6. The maximum Gasteiger partial charge on any atom is 0.0771 e. The maximum absolute atomic E-state index is 10.4. The van der Waals surface area contributed by atoms with Crippen molar-refractivity contribution in [2.24, 2.45) is 0 Å². The molecule has 1 aliphatic rings. The van der Waals surface area contributed by atoms with Gasteiger partial charge < -0.3 is 10.4 Å². The lowest BCUT2D eigenvalue weighted by Gasteiger charge is -2.33. The molecule has 1 unspecified atom stereocenters. The van der Waals surface area contributed by atoms with Crippen LogP contribution in [0.3, 0.4) is 0 Å². The molecule has 18 heavy (non-hydrogen) atoms. The summed E-state index contributed by atoms with van der Waals surface area (Å²) in [5.41, 5.74) is -0.460. The zero-order valence-electron chi connectivity index (χ0n) is 11.3. The van der Waals surface area contributed by atoms with Crippen molar-refractivity contribution >= 4 is 0 Å². The molecular weight excluding hydrogens is 226 g/mol. The molecule has 102 valence electrons.